The molecule has 0 saturated heterocycles. The number of aromatic amines is 1. The fourth-order valence-corrected chi connectivity index (χ4v) is 3.48. The van der Waals surface area contributed by atoms with E-state index in [4.69, 9.17) is 11.6 Å². The van der Waals surface area contributed by atoms with Gasteiger partial charge >= 0.3 is 0 Å². The number of H-pyrrole nitrogens is 1. The number of nitrogens with one attached hydrogen (secondary N) is 1. The Morgan fingerprint density at radius 3 is 2.81 bits per heavy atom. The number of amides is 1. The van der Waals surface area contributed by atoms with Crippen LogP contribution in [0.5, 0.6) is 0 Å². The molecular weight excluding hydrogens is 421 g/mol. The predicted molar refractivity (Wildman–Crippen MR) is 116 cm³/mol. The molecule has 2 aromatic carbocycles. The summed E-state index contributed by atoms with van der Waals surface area (Å²) in [5.41, 5.74) is 0.576. The lowest BCUT2D eigenvalue weighted by molar-refractivity contribution is 0.0732. The minimum atomic E-state index is -0.438. The van der Waals surface area contributed by atoms with E-state index >= 15 is 0 Å². The Labute approximate surface area is 182 Å². The van der Waals surface area contributed by atoms with Gasteiger partial charge in [-0.05, 0) is 42.8 Å². The van der Waals surface area contributed by atoms with E-state index in [2.05, 4.69) is 15.1 Å². The van der Waals surface area contributed by atoms with Crippen molar-refractivity contribution in [2.24, 2.45) is 0 Å². The first-order valence-electron chi connectivity index (χ1n) is 9.74. The van der Waals surface area contributed by atoms with E-state index in [1.165, 1.54) is 23.0 Å². The number of fused-ring (bicyclic) bond motifs is 1. The third-order valence-corrected chi connectivity index (χ3v) is 4.98. The normalized spacial score (nSPS) is 11.1. The van der Waals surface area contributed by atoms with Gasteiger partial charge in [0.15, 0.2) is 5.69 Å². The van der Waals surface area contributed by atoms with Gasteiger partial charge in [-0.2, -0.15) is 5.10 Å². The SMILES string of the molecule is CCCN(Cc1nc2cc(Cl)ccc2c(=O)[nH]1)C(=O)c1ccn(-c2ccccc2F)n1. The highest BCUT2D eigenvalue weighted by Gasteiger charge is 2.20. The molecule has 0 aliphatic heterocycles. The van der Waals surface area contributed by atoms with Crippen LogP contribution in [-0.4, -0.2) is 37.1 Å². The molecule has 2 heterocycles. The second kappa shape index (κ2) is 8.69. The number of para-hydroxylation sites is 1. The van der Waals surface area contributed by atoms with Crippen LogP contribution >= 0.6 is 11.6 Å². The van der Waals surface area contributed by atoms with E-state index in [-0.39, 0.29) is 29.4 Å². The highest BCUT2D eigenvalue weighted by molar-refractivity contribution is 6.31. The van der Waals surface area contributed by atoms with Crippen LogP contribution in [-0.2, 0) is 6.54 Å². The van der Waals surface area contributed by atoms with E-state index < -0.39 is 5.82 Å². The van der Waals surface area contributed by atoms with E-state index in [1.807, 2.05) is 6.92 Å². The number of benzene rings is 2. The zero-order chi connectivity index (χ0) is 22.0. The van der Waals surface area contributed by atoms with Gasteiger partial charge in [-0.1, -0.05) is 30.7 Å². The number of halogens is 2. The van der Waals surface area contributed by atoms with Crippen molar-refractivity contribution in [2.75, 3.05) is 6.54 Å². The number of aromatic nitrogens is 4. The third-order valence-electron chi connectivity index (χ3n) is 4.75. The topological polar surface area (TPSA) is 83.9 Å². The molecule has 1 N–H and O–H groups in total. The molecule has 9 heteroatoms. The monoisotopic (exact) mass is 439 g/mol. The van der Waals surface area contributed by atoms with Crippen molar-refractivity contribution in [3.63, 3.8) is 0 Å². The Balaban J connectivity index is 1.62. The van der Waals surface area contributed by atoms with Gasteiger partial charge in [0.05, 0.1) is 17.4 Å². The molecule has 4 aromatic rings. The van der Waals surface area contributed by atoms with Gasteiger partial charge in [-0.25, -0.2) is 14.1 Å². The molecule has 7 nitrogen and oxygen atoms in total. The Hall–Kier alpha value is -3.52. The van der Waals surface area contributed by atoms with Crippen LogP contribution in [0, 0.1) is 5.82 Å². The number of hydrogen-bond donors (Lipinski definition) is 1. The molecule has 0 saturated carbocycles. The summed E-state index contributed by atoms with van der Waals surface area (Å²) in [7, 11) is 0. The molecule has 158 valence electrons. The molecule has 0 spiro atoms. The molecule has 1 amide bonds. The van der Waals surface area contributed by atoms with Gasteiger partial charge in [0.2, 0.25) is 0 Å². The van der Waals surface area contributed by atoms with Gasteiger partial charge in [-0.3, -0.25) is 9.59 Å². The van der Waals surface area contributed by atoms with E-state index in [1.54, 1.807) is 41.3 Å². The zero-order valence-electron chi connectivity index (χ0n) is 16.7. The first-order valence-corrected chi connectivity index (χ1v) is 10.1. The van der Waals surface area contributed by atoms with Crippen molar-refractivity contribution < 1.29 is 9.18 Å². The maximum atomic E-state index is 14.0. The van der Waals surface area contributed by atoms with Gasteiger partial charge in [0.25, 0.3) is 11.5 Å². The minimum Gasteiger partial charge on any atom is -0.330 e. The second-order valence-electron chi connectivity index (χ2n) is 7.00. The van der Waals surface area contributed by atoms with Crippen LogP contribution in [0.25, 0.3) is 16.6 Å². The van der Waals surface area contributed by atoms with Gasteiger partial charge < -0.3 is 9.88 Å². The first kappa shape index (κ1) is 20.7. The van der Waals surface area contributed by atoms with Crippen LogP contribution in [0.15, 0.2) is 59.5 Å². The van der Waals surface area contributed by atoms with E-state index in [0.717, 1.165) is 0 Å². The van der Waals surface area contributed by atoms with Crippen molar-refractivity contribution in [2.45, 2.75) is 19.9 Å². The summed E-state index contributed by atoms with van der Waals surface area (Å²) in [6.45, 7) is 2.47. The summed E-state index contributed by atoms with van der Waals surface area (Å²) in [5, 5.41) is 5.13. The molecule has 0 fully saturated rings. The lowest BCUT2D eigenvalue weighted by Crippen LogP contribution is -2.33. The minimum absolute atomic E-state index is 0.0942. The highest BCUT2D eigenvalue weighted by Crippen LogP contribution is 2.16. The van der Waals surface area contributed by atoms with Gasteiger partial charge in [0.1, 0.15) is 17.3 Å². The Morgan fingerprint density at radius 2 is 2.03 bits per heavy atom. The molecular formula is C22H19ClFN5O2. The van der Waals surface area contributed by atoms with Crippen molar-refractivity contribution in [1.82, 2.24) is 24.6 Å². The van der Waals surface area contributed by atoms with Gasteiger partial charge in [-0.15, -0.1) is 0 Å². The van der Waals surface area contributed by atoms with Crippen molar-refractivity contribution >= 4 is 28.4 Å². The number of nitrogens with zero attached hydrogens (tertiary/aromatic N) is 4. The molecule has 2 aromatic heterocycles. The third kappa shape index (κ3) is 4.34. The van der Waals surface area contributed by atoms with E-state index in [9.17, 15) is 14.0 Å². The average molecular weight is 440 g/mol. The number of rotatable bonds is 6. The van der Waals surface area contributed by atoms with Crippen LogP contribution in [0.2, 0.25) is 5.02 Å². The fourth-order valence-electron chi connectivity index (χ4n) is 3.31. The maximum absolute atomic E-state index is 14.0. The second-order valence-corrected chi connectivity index (χ2v) is 7.43. The molecule has 0 atom stereocenters. The number of hydrogen-bond acceptors (Lipinski definition) is 4. The summed E-state index contributed by atoms with van der Waals surface area (Å²) in [6.07, 6.45) is 2.23. The summed E-state index contributed by atoms with van der Waals surface area (Å²) in [5.74, 6) is -0.438. The molecule has 0 radical (unpaired) electrons. The van der Waals surface area contributed by atoms with Crippen LogP contribution in [0.1, 0.15) is 29.7 Å². The lowest BCUT2D eigenvalue weighted by atomic mass is 10.2. The summed E-state index contributed by atoms with van der Waals surface area (Å²) >= 11 is 6.02. The first-order chi connectivity index (χ1) is 15.0. The number of carbonyl (C=O) groups excluding carboxylic acids is 1. The smallest absolute Gasteiger partial charge is 0.274 e. The summed E-state index contributed by atoms with van der Waals surface area (Å²) < 4.78 is 15.4. The van der Waals surface area contributed by atoms with Crippen LogP contribution in [0.3, 0.4) is 0 Å². The molecule has 4 rings (SSSR count). The molecule has 31 heavy (non-hydrogen) atoms. The van der Waals surface area contributed by atoms with Crippen molar-refractivity contribution in [3.8, 4) is 5.69 Å². The van der Waals surface area contributed by atoms with E-state index in [0.29, 0.717) is 34.7 Å². The summed E-state index contributed by atoms with van der Waals surface area (Å²) in [4.78, 5) is 34.2. The maximum Gasteiger partial charge on any atom is 0.274 e. The molecule has 0 aliphatic rings. The lowest BCUT2D eigenvalue weighted by Gasteiger charge is -2.20. The largest absolute Gasteiger partial charge is 0.330 e. The van der Waals surface area contributed by atoms with Crippen molar-refractivity contribution in [1.29, 1.82) is 0 Å². The fraction of sp³-hybridized carbons (Fsp3) is 0.182. The average Bonchev–Trinajstić information content (AvgIpc) is 3.23. The van der Waals surface area contributed by atoms with Gasteiger partial charge in [0, 0.05) is 17.8 Å². The Bertz CT molecular complexity index is 1320. The Morgan fingerprint density at radius 1 is 1.23 bits per heavy atom. The summed E-state index contributed by atoms with van der Waals surface area (Å²) in [6, 6.07) is 12.6. The van der Waals surface area contributed by atoms with Crippen molar-refractivity contribution in [3.05, 3.63) is 87.4 Å². The van der Waals surface area contributed by atoms with Crippen LogP contribution in [0.4, 0.5) is 4.39 Å². The molecule has 0 aliphatic carbocycles. The quantitative estimate of drug-likeness (QED) is 0.493. The number of carbonyl (C=O) groups is 1. The predicted octanol–water partition coefficient (Wildman–Crippen LogP) is 3.95. The zero-order valence-corrected chi connectivity index (χ0v) is 17.4. The van der Waals surface area contributed by atoms with Crippen LogP contribution < -0.4 is 5.56 Å². The standard InChI is InChI=1S/C22H19ClFN5O2/c1-2-10-28(13-20-25-18-12-14(23)7-8-15(18)21(30)26-20)22(31)17-9-11-29(27-17)19-6-4-3-5-16(19)24/h3-9,11-12H,2,10,13H2,1H3,(H,25,26,30). The molecule has 0 unspecified atom stereocenters. The highest BCUT2D eigenvalue weighted by atomic mass is 35.5. The molecule has 0 bridgehead atoms. The Kier molecular flexibility index (Phi) is 5.81.